The van der Waals surface area contributed by atoms with E-state index < -0.39 is 5.82 Å². The first-order chi connectivity index (χ1) is 18.4. The van der Waals surface area contributed by atoms with Gasteiger partial charge in [0.1, 0.15) is 12.4 Å². The van der Waals surface area contributed by atoms with Gasteiger partial charge in [-0.05, 0) is 55.3 Å². The van der Waals surface area contributed by atoms with Gasteiger partial charge in [-0.2, -0.15) is 0 Å². The van der Waals surface area contributed by atoms with Crippen LogP contribution in [0, 0.1) is 5.82 Å². The lowest BCUT2D eigenvalue weighted by atomic mass is 10.2. The smallest absolute Gasteiger partial charge is 0.254 e. The third-order valence-corrected chi connectivity index (χ3v) is 7.63. The molecule has 0 radical (unpaired) electrons. The van der Waals surface area contributed by atoms with Crippen molar-refractivity contribution < 1.29 is 18.8 Å². The fraction of sp³-hybridized carbons (Fsp3) is 0.333. The predicted octanol–water partition coefficient (Wildman–Crippen LogP) is 4.07. The summed E-state index contributed by atoms with van der Waals surface area (Å²) in [7, 11) is 0. The summed E-state index contributed by atoms with van der Waals surface area (Å²) in [5, 5.41) is 5.58. The highest BCUT2D eigenvalue weighted by Crippen LogP contribution is 2.28. The number of hydrogen-bond donors (Lipinski definition) is 1. The number of aromatic nitrogens is 1. The van der Waals surface area contributed by atoms with E-state index in [0.717, 1.165) is 31.6 Å². The van der Waals surface area contributed by atoms with Crippen LogP contribution in [0.1, 0.15) is 28.9 Å². The minimum Gasteiger partial charge on any atom is -0.368 e. The lowest BCUT2D eigenvalue weighted by molar-refractivity contribution is -0.130. The van der Waals surface area contributed by atoms with Crippen LogP contribution in [0.4, 0.5) is 15.2 Å². The van der Waals surface area contributed by atoms with Crippen LogP contribution in [0.2, 0.25) is 5.02 Å². The van der Waals surface area contributed by atoms with Crippen molar-refractivity contribution in [3.05, 3.63) is 76.0 Å². The van der Waals surface area contributed by atoms with Crippen molar-refractivity contribution in [2.75, 3.05) is 42.9 Å². The lowest BCUT2D eigenvalue weighted by Crippen LogP contribution is -2.49. The molecule has 11 heteroatoms. The van der Waals surface area contributed by atoms with Gasteiger partial charge in [0.25, 0.3) is 5.91 Å². The van der Waals surface area contributed by atoms with Crippen LogP contribution in [0.25, 0.3) is 0 Å². The fourth-order valence-corrected chi connectivity index (χ4v) is 5.33. The number of halogens is 2. The summed E-state index contributed by atoms with van der Waals surface area (Å²) in [6, 6.07) is 13.0. The van der Waals surface area contributed by atoms with Gasteiger partial charge in [-0.1, -0.05) is 17.7 Å². The van der Waals surface area contributed by atoms with Crippen LogP contribution in [-0.4, -0.2) is 71.3 Å². The molecule has 5 rings (SSSR count). The number of carbonyl (C=O) groups excluding carboxylic acids is 3. The van der Waals surface area contributed by atoms with Crippen molar-refractivity contribution in [1.29, 1.82) is 0 Å². The zero-order chi connectivity index (χ0) is 26.6. The summed E-state index contributed by atoms with van der Waals surface area (Å²) in [6.07, 6.45) is 1.81. The number of thiazole rings is 1. The number of benzene rings is 2. The number of amides is 3. The molecule has 3 aromatic rings. The zero-order valence-corrected chi connectivity index (χ0v) is 22.2. The molecule has 0 spiro atoms. The summed E-state index contributed by atoms with van der Waals surface area (Å²) < 4.78 is 13.2. The molecule has 1 saturated heterocycles. The lowest BCUT2D eigenvalue weighted by Gasteiger charge is -2.36. The van der Waals surface area contributed by atoms with E-state index in [1.54, 1.807) is 5.38 Å². The topological polar surface area (TPSA) is 85.8 Å². The number of rotatable bonds is 8. The van der Waals surface area contributed by atoms with Gasteiger partial charge in [0, 0.05) is 53.9 Å². The van der Waals surface area contributed by atoms with Crippen molar-refractivity contribution in [2.24, 2.45) is 0 Å². The Morgan fingerprint density at radius 2 is 1.82 bits per heavy atom. The molecule has 2 fully saturated rings. The first-order valence-corrected chi connectivity index (χ1v) is 13.7. The molecule has 1 N–H and O–H groups in total. The van der Waals surface area contributed by atoms with Gasteiger partial charge in [-0.25, -0.2) is 9.37 Å². The fourth-order valence-electron chi connectivity index (χ4n) is 4.42. The Labute approximate surface area is 229 Å². The molecule has 0 atom stereocenters. The molecule has 1 aliphatic heterocycles. The van der Waals surface area contributed by atoms with Crippen molar-refractivity contribution in [2.45, 2.75) is 25.3 Å². The monoisotopic (exact) mass is 555 g/mol. The van der Waals surface area contributed by atoms with Crippen molar-refractivity contribution in [1.82, 2.24) is 14.8 Å². The number of hydrogen-bond acceptors (Lipinski definition) is 6. The Morgan fingerprint density at radius 3 is 2.50 bits per heavy atom. The van der Waals surface area contributed by atoms with E-state index in [0.29, 0.717) is 34.5 Å². The molecule has 3 amide bonds. The molecule has 2 aromatic carbocycles. The highest BCUT2D eigenvalue weighted by atomic mass is 35.5. The Kier molecular flexibility index (Phi) is 7.90. The van der Waals surface area contributed by atoms with Crippen LogP contribution in [0.3, 0.4) is 0 Å². The molecular weight excluding hydrogens is 529 g/mol. The summed E-state index contributed by atoms with van der Waals surface area (Å²) in [6.45, 7) is 2.54. The quantitative estimate of drug-likeness (QED) is 0.453. The Bertz CT molecular complexity index is 1320. The van der Waals surface area contributed by atoms with Gasteiger partial charge in [0.05, 0.1) is 12.1 Å². The minimum absolute atomic E-state index is 0.00197. The largest absolute Gasteiger partial charge is 0.368 e. The third kappa shape index (κ3) is 6.49. The Morgan fingerprint density at radius 1 is 1.08 bits per heavy atom. The van der Waals surface area contributed by atoms with E-state index >= 15 is 0 Å². The number of nitrogens with one attached hydrogen (secondary N) is 1. The number of nitrogens with zero attached hydrogens (tertiary/aromatic N) is 4. The maximum Gasteiger partial charge on any atom is 0.254 e. The molecule has 2 aliphatic rings. The third-order valence-electron chi connectivity index (χ3n) is 6.59. The van der Waals surface area contributed by atoms with Gasteiger partial charge >= 0.3 is 0 Å². The van der Waals surface area contributed by atoms with Crippen LogP contribution in [0.5, 0.6) is 0 Å². The van der Waals surface area contributed by atoms with Gasteiger partial charge in [0.15, 0.2) is 5.13 Å². The number of carbonyl (C=O) groups is 3. The van der Waals surface area contributed by atoms with Gasteiger partial charge in [0.2, 0.25) is 11.8 Å². The van der Waals surface area contributed by atoms with Gasteiger partial charge in [-0.3, -0.25) is 14.4 Å². The second-order valence-electron chi connectivity index (χ2n) is 9.39. The zero-order valence-electron chi connectivity index (χ0n) is 20.6. The molecular formula is C27H27ClFN5O3S. The molecule has 38 heavy (non-hydrogen) atoms. The minimum atomic E-state index is -0.421. The molecule has 2 heterocycles. The summed E-state index contributed by atoms with van der Waals surface area (Å²) >= 11 is 7.34. The SMILES string of the molecule is O=C(CN(C(=O)c1ccc(F)cc1)C1CC1)Nc1nc(CC(=O)N2CCN(c3cccc(Cl)c3)CC2)cs1. The van der Waals surface area contributed by atoms with E-state index in [1.807, 2.05) is 29.2 Å². The molecule has 198 valence electrons. The Balaban J connectivity index is 1.11. The van der Waals surface area contributed by atoms with Crippen LogP contribution in [0.15, 0.2) is 53.9 Å². The van der Waals surface area contributed by atoms with Gasteiger partial charge < -0.3 is 20.0 Å². The average molecular weight is 556 g/mol. The van der Waals surface area contributed by atoms with Crippen LogP contribution in [-0.2, 0) is 16.0 Å². The second-order valence-corrected chi connectivity index (χ2v) is 10.7. The summed E-state index contributed by atoms with van der Waals surface area (Å²) in [4.78, 5) is 48.4. The number of piperazine rings is 1. The molecule has 0 unspecified atom stereocenters. The van der Waals surface area contributed by atoms with Crippen molar-refractivity contribution in [3.63, 3.8) is 0 Å². The average Bonchev–Trinajstić information content (AvgIpc) is 3.67. The maximum atomic E-state index is 13.2. The maximum absolute atomic E-state index is 13.2. The standard InChI is InChI=1S/C27H27ClFN5O3S/c28-19-2-1-3-23(14-19)32-10-12-33(13-11-32)25(36)15-21-17-38-27(30-21)31-24(35)16-34(22-8-9-22)26(37)18-4-6-20(29)7-5-18/h1-7,14,17,22H,8-13,15-16H2,(H,30,31,35). The van der Waals surface area contributed by atoms with E-state index in [1.165, 1.54) is 40.5 Å². The van der Waals surface area contributed by atoms with E-state index in [-0.39, 0.29) is 36.7 Å². The van der Waals surface area contributed by atoms with E-state index in [4.69, 9.17) is 11.6 Å². The summed E-state index contributed by atoms with van der Waals surface area (Å²) in [5.41, 5.74) is 1.98. The van der Waals surface area contributed by atoms with Crippen LogP contribution >= 0.6 is 22.9 Å². The summed E-state index contributed by atoms with van der Waals surface area (Å²) in [5.74, 6) is -1.10. The molecule has 1 aromatic heterocycles. The molecule has 8 nitrogen and oxygen atoms in total. The van der Waals surface area contributed by atoms with E-state index in [2.05, 4.69) is 15.2 Å². The molecule has 0 bridgehead atoms. The normalized spacial score (nSPS) is 15.3. The molecule has 1 aliphatic carbocycles. The molecule has 1 saturated carbocycles. The Hall–Kier alpha value is -3.50. The second kappa shape index (κ2) is 11.5. The highest BCUT2D eigenvalue weighted by Gasteiger charge is 2.34. The van der Waals surface area contributed by atoms with Crippen LogP contribution < -0.4 is 10.2 Å². The van der Waals surface area contributed by atoms with E-state index in [9.17, 15) is 18.8 Å². The van der Waals surface area contributed by atoms with Crippen molar-refractivity contribution in [3.8, 4) is 0 Å². The first kappa shape index (κ1) is 26.1. The predicted molar refractivity (Wildman–Crippen MR) is 145 cm³/mol. The van der Waals surface area contributed by atoms with Gasteiger partial charge in [-0.15, -0.1) is 11.3 Å². The highest BCUT2D eigenvalue weighted by molar-refractivity contribution is 7.13. The first-order valence-electron chi connectivity index (χ1n) is 12.4. The number of anilines is 2. The van der Waals surface area contributed by atoms with Crippen molar-refractivity contribution >= 4 is 51.5 Å².